The van der Waals surface area contributed by atoms with Gasteiger partial charge in [-0.05, 0) is 24.3 Å². The van der Waals surface area contributed by atoms with E-state index in [2.05, 4.69) is 15.3 Å². The van der Waals surface area contributed by atoms with Crippen molar-refractivity contribution in [1.82, 2.24) is 15.3 Å². The van der Waals surface area contributed by atoms with E-state index in [4.69, 9.17) is 4.42 Å². The molecule has 0 aliphatic rings. The third-order valence-corrected chi connectivity index (χ3v) is 3.18. The van der Waals surface area contributed by atoms with Gasteiger partial charge in [0.2, 0.25) is 5.91 Å². The lowest BCUT2D eigenvalue weighted by Crippen LogP contribution is -2.20. The Kier molecular flexibility index (Phi) is 4.59. The fourth-order valence-corrected chi connectivity index (χ4v) is 2.04. The average molecular weight is 305 g/mol. The van der Waals surface area contributed by atoms with E-state index in [1.165, 1.54) is 12.4 Å². The molecule has 0 fully saturated rings. The Hall–Kier alpha value is -3.21. The molecular formula is C18H15N3O2. The number of benzene rings is 1. The zero-order valence-electron chi connectivity index (χ0n) is 12.3. The highest BCUT2D eigenvalue weighted by atomic mass is 16.3. The van der Waals surface area contributed by atoms with Crippen molar-refractivity contribution in [3.05, 3.63) is 78.7 Å². The van der Waals surface area contributed by atoms with Crippen molar-refractivity contribution in [1.29, 1.82) is 0 Å². The molecule has 0 aliphatic carbocycles. The van der Waals surface area contributed by atoms with Crippen LogP contribution in [0, 0.1) is 0 Å². The molecule has 0 saturated heterocycles. The quantitative estimate of drug-likeness (QED) is 0.736. The van der Waals surface area contributed by atoms with Gasteiger partial charge in [0.05, 0.1) is 24.2 Å². The van der Waals surface area contributed by atoms with Crippen LogP contribution in [0.5, 0.6) is 0 Å². The Morgan fingerprint density at radius 2 is 2.00 bits per heavy atom. The smallest absolute Gasteiger partial charge is 0.244 e. The Morgan fingerprint density at radius 3 is 2.78 bits per heavy atom. The minimum absolute atomic E-state index is 0.207. The summed E-state index contributed by atoms with van der Waals surface area (Å²) in [5, 5.41) is 2.78. The summed E-state index contributed by atoms with van der Waals surface area (Å²) < 4.78 is 5.12. The zero-order valence-corrected chi connectivity index (χ0v) is 12.3. The highest BCUT2D eigenvalue weighted by molar-refractivity contribution is 5.91. The van der Waals surface area contributed by atoms with Crippen molar-refractivity contribution in [2.75, 3.05) is 0 Å². The van der Waals surface area contributed by atoms with Gasteiger partial charge in [-0.2, -0.15) is 0 Å². The fraction of sp³-hybridized carbons (Fsp3) is 0.0556. The van der Waals surface area contributed by atoms with Crippen LogP contribution in [0.2, 0.25) is 0 Å². The van der Waals surface area contributed by atoms with Crippen LogP contribution in [0.4, 0.5) is 0 Å². The second kappa shape index (κ2) is 7.17. The molecular weight excluding hydrogens is 290 g/mol. The third-order valence-electron chi connectivity index (χ3n) is 3.18. The van der Waals surface area contributed by atoms with Crippen LogP contribution in [0.3, 0.4) is 0 Å². The highest BCUT2D eigenvalue weighted by Crippen LogP contribution is 2.15. The van der Waals surface area contributed by atoms with Gasteiger partial charge < -0.3 is 9.73 Å². The normalized spacial score (nSPS) is 10.8. The van der Waals surface area contributed by atoms with Crippen molar-refractivity contribution >= 4 is 12.0 Å². The van der Waals surface area contributed by atoms with E-state index in [1.807, 2.05) is 36.4 Å². The Morgan fingerprint density at radius 1 is 1.13 bits per heavy atom. The number of rotatable bonds is 5. The second-order valence-electron chi connectivity index (χ2n) is 4.83. The zero-order chi connectivity index (χ0) is 15.9. The molecule has 0 saturated carbocycles. The standard InChI is InChI=1S/C18H15N3O2/c22-18(9-8-16-7-4-10-23-16)19-12-15-11-17(21-13-20-15)14-5-2-1-3-6-14/h1-11,13H,12H2,(H,19,22)/b9-8+. The summed E-state index contributed by atoms with van der Waals surface area (Å²) in [5.41, 5.74) is 2.59. The van der Waals surface area contributed by atoms with Crippen LogP contribution in [0.15, 0.2) is 71.6 Å². The van der Waals surface area contributed by atoms with E-state index in [1.54, 1.807) is 24.5 Å². The first-order chi connectivity index (χ1) is 11.3. The highest BCUT2D eigenvalue weighted by Gasteiger charge is 2.03. The lowest BCUT2D eigenvalue weighted by molar-refractivity contribution is -0.116. The topological polar surface area (TPSA) is 68.0 Å². The molecule has 2 aromatic heterocycles. The number of carbonyl (C=O) groups is 1. The van der Waals surface area contributed by atoms with Crippen LogP contribution in [0.25, 0.3) is 17.3 Å². The van der Waals surface area contributed by atoms with Crippen LogP contribution in [0.1, 0.15) is 11.5 Å². The molecule has 0 unspecified atom stereocenters. The maximum Gasteiger partial charge on any atom is 0.244 e. The molecule has 1 amide bonds. The summed E-state index contributed by atoms with van der Waals surface area (Å²) in [5.74, 6) is 0.426. The van der Waals surface area contributed by atoms with E-state index in [9.17, 15) is 4.79 Å². The van der Waals surface area contributed by atoms with Gasteiger partial charge in [0.25, 0.3) is 0 Å². The molecule has 0 radical (unpaired) electrons. The van der Waals surface area contributed by atoms with Gasteiger partial charge >= 0.3 is 0 Å². The SMILES string of the molecule is O=C(/C=C/c1ccco1)NCc1cc(-c2ccccc2)ncn1. The molecule has 114 valence electrons. The lowest BCUT2D eigenvalue weighted by atomic mass is 10.1. The van der Waals surface area contributed by atoms with Crippen molar-refractivity contribution in [2.45, 2.75) is 6.54 Å². The number of hydrogen-bond donors (Lipinski definition) is 1. The minimum Gasteiger partial charge on any atom is -0.465 e. The summed E-state index contributed by atoms with van der Waals surface area (Å²) in [4.78, 5) is 20.2. The number of carbonyl (C=O) groups excluding carboxylic acids is 1. The van der Waals surface area contributed by atoms with E-state index >= 15 is 0 Å². The Bertz CT molecular complexity index is 796. The van der Waals surface area contributed by atoms with Gasteiger partial charge in [-0.1, -0.05) is 30.3 Å². The number of furan rings is 1. The maximum atomic E-state index is 11.8. The van der Waals surface area contributed by atoms with Crippen LogP contribution in [-0.4, -0.2) is 15.9 Å². The van der Waals surface area contributed by atoms with E-state index in [0.29, 0.717) is 12.3 Å². The van der Waals surface area contributed by atoms with Crippen molar-refractivity contribution < 1.29 is 9.21 Å². The predicted molar refractivity (Wildman–Crippen MR) is 87.1 cm³/mol. The monoisotopic (exact) mass is 305 g/mol. The summed E-state index contributed by atoms with van der Waals surface area (Å²) >= 11 is 0. The van der Waals surface area contributed by atoms with Gasteiger partial charge in [-0.15, -0.1) is 0 Å². The molecule has 5 heteroatoms. The van der Waals surface area contributed by atoms with E-state index in [0.717, 1.165) is 17.0 Å². The maximum absolute atomic E-state index is 11.8. The first kappa shape index (κ1) is 14.7. The molecule has 0 spiro atoms. The molecule has 3 rings (SSSR count). The van der Waals surface area contributed by atoms with Crippen molar-refractivity contribution in [3.63, 3.8) is 0 Å². The Balaban J connectivity index is 1.61. The van der Waals surface area contributed by atoms with Gasteiger partial charge in [0, 0.05) is 11.6 Å². The second-order valence-corrected chi connectivity index (χ2v) is 4.83. The lowest BCUT2D eigenvalue weighted by Gasteiger charge is -2.04. The summed E-state index contributed by atoms with van der Waals surface area (Å²) in [6.45, 7) is 0.337. The molecule has 3 aromatic rings. The third kappa shape index (κ3) is 4.14. The minimum atomic E-state index is -0.207. The number of amides is 1. The van der Waals surface area contributed by atoms with Gasteiger partial charge in [0.1, 0.15) is 12.1 Å². The van der Waals surface area contributed by atoms with Crippen LogP contribution in [-0.2, 0) is 11.3 Å². The first-order valence-electron chi connectivity index (χ1n) is 7.17. The molecule has 23 heavy (non-hydrogen) atoms. The fourth-order valence-electron chi connectivity index (χ4n) is 2.04. The predicted octanol–water partition coefficient (Wildman–Crippen LogP) is 3.07. The first-order valence-corrected chi connectivity index (χ1v) is 7.17. The molecule has 2 heterocycles. The number of hydrogen-bond acceptors (Lipinski definition) is 4. The summed E-state index contributed by atoms with van der Waals surface area (Å²) in [7, 11) is 0. The average Bonchev–Trinajstić information content (AvgIpc) is 3.13. The number of nitrogens with one attached hydrogen (secondary N) is 1. The van der Waals surface area contributed by atoms with Gasteiger partial charge in [-0.25, -0.2) is 9.97 Å². The summed E-state index contributed by atoms with van der Waals surface area (Å²) in [6.07, 6.45) is 6.11. The molecule has 1 aromatic carbocycles. The molecule has 1 N–H and O–H groups in total. The van der Waals surface area contributed by atoms with Crippen LogP contribution >= 0.6 is 0 Å². The van der Waals surface area contributed by atoms with Crippen LogP contribution < -0.4 is 5.32 Å². The largest absolute Gasteiger partial charge is 0.465 e. The Labute approximate surface area is 133 Å². The van der Waals surface area contributed by atoms with Gasteiger partial charge in [-0.3, -0.25) is 4.79 Å². The van der Waals surface area contributed by atoms with E-state index in [-0.39, 0.29) is 5.91 Å². The molecule has 5 nitrogen and oxygen atoms in total. The van der Waals surface area contributed by atoms with Crippen molar-refractivity contribution in [3.8, 4) is 11.3 Å². The molecule has 0 atom stereocenters. The number of nitrogens with zero attached hydrogens (tertiary/aromatic N) is 2. The van der Waals surface area contributed by atoms with Gasteiger partial charge in [0.15, 0.2) is 0 Å². The summed E-state index contributed by atoms with van der Waals surface area (Å²) in [6, 6.07) is 15.2. The number of aromatic nitrogens is 2. The molecule has 0 bridgehead atoms. The molecule has 0 aliphatic heterocycles. The van der Waals surface area contributed by atoms with E-state index < -0.39 is 0 Å². The van der Waals surface area contributed by atoms with Crippen molar-refractivity contribution in [2.24, 2.45) is 0 Å².